The van der Waals surface area contributed by atoms with Crippen molar-refractivity contribution in [3.8, 4) is 11.6 Å². The summed E-state index contributed by atoms with van der Waals surface area (Å²) in [5, 5.41) is 4.71. The fourth-order valence-electron chi connectivity index (χ4n) is 3.78. The van der Waals surface area contributed by atoms with Crippen LogP contribution in [0, 0.1) is 19.8 Å². The third-order valence-corrected chi connectivity index (χ3v) is 5.34. The quantitative estimate of drug-likeness (QED) is 0.561. The maximum atomic E-state index is 12.8. The van der Waals surface area contributed by atoms with Gasteiger partial charge in [0, 0.05) is 6.07 Å². The Hall–Kier alpha value is -2.88. The zero-order valence-electron chi connectivity index (χ0n) is 16.7. The molecule has 1 saturated carbocycles. The average molecular weight is 374 g/mol. The average Bonchev–Trinajstić information content (AvgIpc) is 3.40. The molecule has 4 heteroatoms. The Labute approximate surface area is 166 Å². The van der Waals surface area contributed by atoms with E-state index in [-0.39, 0.29) is 17.8 Å². The van der Waals surface area contributed by atoms with E-state index in [0.29, 0.717) is 5.88 Å². The van der Waals surface area contributed by atoms with Gasteiger partial charge in [0.05, 0.1) is 17.3 Å². The lowest BCUT2D eigenvalue weighted by Gasteiger charge is -2.11. The second-order valence-corrected chi connectivity index (χ2v) is 7.71. The summed E-state index contributed by atoms with van der Waals surface area (Å²) in [4.78, 5) is 12.8. The first kappa shape index (κ1) is 18.5. The molecule has 4 nitrogen and oxygen atoms in total. The van der Waals surface area contributed by atoms with Crippen molar-refractivity contribution in [1.82, 2.24) is 9.78 Å². The Morgan fingerprint density at radius 2 is 1.93 bits per heavy atom. The van der Waals surface area contributed by atoms with Crippen LogP contribution in [0.25, 0.3) is 5.69 Å². The zero-order valence-corrected chi connectivity index (χ0v) is 16.7. The highest BCUT2D eigenvalue weighted by Gasteiger charge is 2.45. The van der Waals surface area contributed by atoms with Gasteiger partial charge in [0.2, 0.25) is 5.88 Å². The molecule has 1 aliphatic rings. The van der Waals surface area contributed by atoms with Crippen LogP contribution >= 0.6 is 0 Å². The fourth-order valence-corrected chi connectivity index (χ4v) is 3.78. The van der Waals surface area contributed by atoms with Crippen LogP contribution in [0.15, 0.2) is 54.6 Å². The Kier molecular flexibility index (Phi) is 5.03. The summed E-state index contributed by atoms with van der Waals surface area (Å²) in [5.41, 5.74) is 5.41. The van der Waals surface area contributed by atoms with Gasteiger partial charge in [-0.15, -0.1) is 0 Å². The summed E-state index contributed by atoms with van der Waals surface area (Å²) in [7, 11) is 0. The molecule has 0 N–H and O–H groups in total. The number of hydrogen-bond acceptors (Lipinski definition) is 3. The van der Waals surface area contributed by atoms with E-state index in [1.807, 2.05) is 30.3 Å². The first-order valence-corrected chi connectivity index (χ1v) is 10.00. The van der Waals surface area contributed by atoms with Crippen LogP contribution in [-0.2, 0) is 11.2 Å². The number of esters is 1. The van der Waals surface area contributed by atoms with Crippen molar-refractivity contribution >= 4 is 5.97 Å². The Morgan fingerprint density at radius 3 is 2.64 bits per heavy atom. The lowest BCUT2D eigenvalue weighted by Crippen LogP contribution is -2.14. The topological polar surface area (TPSA) is 44.1 Å². The van der Waals surface area contributed by atoms with Gasteiger partial charge >= 0.3 is 5.97 Å². The summed E-state index contributed by atoms with van der Waals surface area (Å²) in [6.45, 7) is 6.25. The lowest BCUT2D eigenvalue weighted by atomic mass is 10.1. The van der Waals surface area contributed by atoms with Crippen LogP contribution < -0.4 is 4.74 Å². The van der Waals surface area contributed by atoms with E-state index in [4.69, 9.17) is 9.84 Å². The second-order valence-electron chi connectivity index (χ2n) is 7.71. The summed E-state index contributed by atoms with van der Waals surface area (Å²) >= 11 is 0. The van der Waals surface area contributed by atoms with E-state index in [2.05, 4.69) is 45.0 Å². The fraction of sp³-hybridized carbons (Fsp3) is 0.333. The van der Waals surface area contributed by atoms with Crippen molar-refractivity contribution in [1.29, 1.82) is 0 Å². The molecule has 2 atom stereocenters. The Balaban J connectivity index is 1.58. The first-order valence-electron chi connectivity index (χ1n) is 10.00. The number of ether oxygens (including phenoxy) is 1. The number of aryl methyl sites for hydroxylation is 3. The van der Waals surface area contributed by atoms with Crippen molar-refractivity contribution in [2.75, 3.05) is 0 Å². The van der Waals surface area contributed by atoms with Gasteiger partial charge in [0.1, 0.15) is 0 Å². The summed E-state index contributed by atoms with van der Waals surface area (Å²) in [5.74, 6) is 0.544. The van der Waals surface area contributed by atoms with Crippen LogP contribution in [0.3, 0.4) is 0 Å². The molecule has 0 aliphatic heterocycles. The number of carbonyl (C=O) groups excluding carboxylic acids is 1. The maximum Gasteiger partial charge on any atom is 0.316 e. The standard InChI is InChI=1S/C24H26N2O2/c1-4-8-19-14-23(26(25-19)22-12-11-16(2)13-17(22)3)28-24(27)21-15-20(21)18-9-6-5-7-10-18/h5-7,9-14,20-21H,4,8,15H2,1-3H3. The predicted molar refractivity (Wildman–Crippen MR) is 110 cm³/mol. The third kappa shape index (κ3) is 3.72. The molecule has 1 aliphatic carbocycles. The molecule has 4 rings (SSSR count). The first-order chi connectivity index (χ1) is 13.6. The van der Waals surface area contributed by atoms with Gasteiger partial charge in [-0.05, 0) is 49.8 Å². The van der Waals surface area contributed by atoms with Crippen molar-refractivity contribution < 1.29 is 9.53 Å². The van der Waals surface area contributed by atoms with Crippen LogP contribution in [-0.4, -0.2) is 15.7 Å². The highest BCUT2D eigenvalue weighted by Crippen LogP contribution is 2.48. The van der Waals surface area contributed by atoms with E-state index in [1.54, 1.807) is 4.68 Å². The molecule has 1 heterocycles. The van der Waals surface area contributed by atoms with Crippen LogP contribution in [0.2, 0.25) is 0 Å². The molecular weight excluding hydrogens is 348 g/mol. The molecule has 2 aromatic carbocycles. The Morgan fingerprint density at radius 1 is 1.14 bits per heavy atom. The SMILES string of the molecule is CCCc1cc(OC(=O)C2CC2c2ccccc2)n(-c2ccc(C)cc2C)n1. The minimum Gasteiger partial charge on any atom is -0.407 e. The monoisotopic (exact) mass is 374 g/mol. The molecule has 0 spiro atoms. The molecule has 0 amide bonds. The maximum absolute atomic E-state index is 12.8. The summed E-state index contributed by atoms with van der Waals surface area (Å²) in [6.07, 6.45) is 2.71. The zero-order chi connectivity index (χ0) is 19.7. The van der Waals surface area contributed by atoms with Gasteiger partial charge < -0.3 is 4.74 Å². The number of aromatic nitrogens is 2. The highest BCUT2D eigenvalue weighted by atomic mass is 16.5. The van der Waals surface area contributed by atoms with Gasteiger partial charge in [0.25, 0.3) is 0 Å². The van der Waals surface area contributed by atoms with E-state index < -0.39 is 0 Å². The molecule has 0 saturated heterocycles. The van der Waals surface area contributed by atoms with Gasteiger partial charge in [-0.25, -0.2) is 4.68 Å². The molecule has 0 radical (unpaired) electrons. The van der Waals surface area contributed by atoms with Gasteiger partial charge in [-0.1, -0.05) is 61.4 Å². The number of nitrogens with zero attached hydrogens (tertiary/aromatic N) is 2. The summed E-state index contributed by atoms with van der Waals surface area (Å²) < 4.78 is 7.62. The van der Waals surface area contributed by atoms with E-state index in [1.165, 1.54) is 11.1 Å². The molecule has 144 valence electrons. The molecule has 2 unspecified atom stereocenters. The van der Waals surface area contributed by atoms with Crippen LogP contribution in [0.1, 0.15) is 48.1 Å². The van der Waals surface area contributed by atoms with Gasteiger partial charge in [0.15, 0.2) is 0 Å². The lowest BCUT2D eigenvalue weighted by molar-refractivity contribution is -0.136. The van der Waals surface area contributed by atoms with Crippen molar-refractivity contribution in [3.63, 3.8) is 0 Å². The number of rotatable bonds is 6. The molecule has 3 aromatic rings. The van der Waals surface area contributed by atoms with E-state index in [9.17, 15) is 4.79 Å². The van der Waals surface area contributed by atoms with Crippen LogP contribution in [0.4, 0.5) is 0 Å². The number of hydrogen-bond donors (Lipinski definition) is 0. The second kappa shape index (κ2) is 7.63. The van der Waals surface area contributed by atoms with Crippen molar-refractivity contribution in [3.05, 3.63) is 77.0 Å². The van der Waals surface area contributed by atoms with Crippen molar-refractivity contribution in [2.45, 2.75) is 46.0 Å². The minimum atomic E-state index is -0.164. The number of benzene rings is 2. The Bertz CT molecular complexity index is 991. The van der Waals surface area contributed by atoms with Crippen LogP contribution in [0.5, 0.6) is 5.88 Å². The van der Waals surface area contributed by atoms with Gasteiger partial charge in [-0.3, -0.25) is 4.79 Å². The third-order valence-electron chi connectivity index (χ3n) is 5.34. The normalized spacial score (nSPS) is 18.1. The minimum absolute atomic E-state index is 0.0699. The summed E-state index contributed by atoms with van der Waals surface area (Å²) in [6, 6.07) is 18.3. The highest BCUT2D eigenvalue weighted by molar-refractivity contribution is 5.79. The molecular formula is C24H26N2O2. The predicted octanol–water partition coefficient (Wildman–Crippen LogP) is 5.15. The van der Waals surface area contributed by atoms with Crippen molar-refractivity contribution in [2.24, 2.45) is 5.92 Å². The molecule has 0 bridgehead atoms. The number of carbonyl (C=O) groups is 1. The largest absolute Gasteiger partial charge is 0.407 e. The van der Waals surface area contributed by atoms with Gasteiger partial charge in [-0.2, -0.15) is 5.10 Å². The smallest absolute Gasteiger partial charge is 0.316 e. The van der Waals surface area contributed by atoms with E-state index >= 15 is 0 Å². The molecule has 1 aromatic heterocycles. The molecule has 28 heavy (non-hydrogen) atoms. The van der Waals surface area contributed by atoms with E-state index in [0.717, 1.165) is 36.2 Å². The molecule has 1 fully saturated rings.